The number of furan rings is 1. The molecule has 2 aromatic heterocycles. The van der Waals surface area contributed by atoms with E-state index >= 15 is 0 Å². The molecule has 5 nitrogen and oxygen atoms in total. The molecule has 2 aliphatic rings. The third-order valence-electron chi connectivity index (χ3n) is 5.72. The van der Waals surface area contributed by atoms with Gasteiger partial charge in [0.1, 0.15) is 11.5 Å². The van der Waals surface area contributed by atoms with Gasteiger partial charge in [0.2, 0.25) is 0 Å². The molecule has 1 saturated heterocycles. The van der Waals surface area contributed by atoms with Gasteiger partial charge in [-0.25, -0.2) is 0 Å². The quantitative estimate of drug-likeness (QED) is 0.892. The molecule has 0 unspecified atom stereocenters. The zero-order valence-corrected chi connectivity index (χ0v) is 15.6. The predicted molar refractivity (Wildman–Crippen MR) is 101 cm³/mol. The largest absolute Gasteiger partial charge is 0.465 e. The molecule has 0 amide bonds. The zero-order chi connectivity index (χ0) is 17.8. The average molecular weight is 355 g/mol. The van der Waals surface area contributed by atoms with Crippen molar-refractivity contribution < 1.29 is 9.15 Å². The van der Waals surface area contributed by atoms with Gasteiger partial charge in [0, 0.05) is 38.1 Å². The van der Waals surface area contributed by atoms with E-state index in [1.54, 1.807) is 0 Å². The Hall–Kier alpha value is -1.69. The predicted octanol–water partition coefficient (Wildman–Crippen LogP) is 3.29. The molecule has 0 bridgehead atoms. The number of nitrogens with zero attached hydrogens (tertiary/aromatic N) is 2. The smallest absolute Gasteiger partial charge is 0.118 e. The van der Waals surface area contributed by atoms with E-state index in [0.29, 0.717) is 6.04 Å². The first-order valence-corrected chi connectivity index (χ1v) is 9.77. The Morgan fingerprint density at radius 2 is 2.27 bits per heavy atom. The Morgan fingerprint density at radius 1 is 1.31 bits per heavy atom. The summed E-state index contributed by atoms with van der Waals surface area (Å²) >= 11 is 0. The summed E-state index contributed by atoms with van der Waals surface area (Å²) in [5.41, 5.74) is 1.15. The minimum absolute atomic E-state index is 0.0830. The van der Waals surface area contributed by atoms with Gasteiger partial charge in [-0.05, 0) is 43.5 Å². The van der Waals surface area contributed by atoms with Crippen LogP contribution >= 0.6 is 0 Å². The monoisotopic (exact) mass is 355 g/mol. The first-order chi connectivity index (χ1) is 12.7. The van der Waals surface area contributed by atoms with E-state index in [9.17, 15) is 0 Å². The highest BCUT2D eigenvalue weighted by Gasteiger charge is 2.45. The van der Waals surface area contributed by atoms with Crippen molar-refractivity contribution in [3.05, 3.63) is 53.7 Å². The van der Waals surface area contributed by atoms with Gasteiger partial charge >= 0.3 is 0 Å². The second-order valence-electron chi connectivity index (χ2n) is 7.68. The van der Waals surface area contributed by atoms with E-state index in [4.69, 9.17) is 9.15 Å². The molecule has 2 fully saturated rings. The van der Waals surface area contributed by atoms with Crippen molar-refractivity contribution in [3.63, 3.8) is 0 Å². The van der Waals surface area contributed by atoms with Crippen LogP contribution in [0.15, 0.2) is 41.1 Å². The van der Waals surface area contributed by atoms with Crippen molar-refractivity contribution in [1.29, 1.82) is 0 Å². The van der Waals surface area contributed by atoms with E-state index in [2.05, 4.69) is 27.3 Å². The molecule has 1 spiro atoms. The van der Waals surface area contributed by atoms with Crippen LogP contribution in [-0.2, 0) is 17.8 Å². The molecule has 0 aromatic carbocycles. The van der Waals surface area contributed by atoms with E-state index in [0.717, 1.165) is 50.7 Å². The summed E-state index contributed by atoms with van der Waals surface area (Å²) in [5.74, 6) is 2.03. The molecule has 3 heterocycles. The average Bonchev–Trinajstić information content (AvgIpc) is 3.07. The normalized spacial score (nSPS) is 27.0. The summed E-state index contributed by atoms with van der Waals surface area (Å²) < 4.78 is 12.2. The van der Waals surface area contributed by atoms with Gasteiger partial charge in [-0.15, -0.1) is 0 Å². The van der Waals surface area contributed by atoms with Gasteiger partial charge < -0.3 is 14.5 Å². The maximum absolute atomic E-state index is 6.43. The van der Waals surface area contributed by atoms with Crippen LogP contribution in [0.5, 0.6) is 0 Å². The fourth-order valence-corrected chi connectivity index (χ4v) is 4.41. The fourth-order valence-electron chi connectivity index (χ4n) is 4.41. The first-order valence-electron chi connectivity index (χ1n) is 9.77. The molecule has 5 heteroatoms. The van der Waals surface area contributed by atoms with E-state index in [1.807, 2.05) is 31.5 Å². The van der Waals surface area contributed by atoms with Crippen LogP contribution in [0.3, 0.4) is 0 Å². The molecule has 140 valence electrons. The minimum Gasteiger partial charge on any atom is -0.465 e. The number of pyridine rings is 1. The Kier molecular flexibility index (Phi) is 5.38. The molecule has 26 heavy (non-hydrogen) atoms. The van der Waals surface area contributed by atoms with Gasteiger partial charge in [-0.2, -0.15) is 0 Å². The van der Waals surface area contributed by atoms with Crippen LogP contribution in [-0.4, -0.2) is 41.2 Å². The number of aromatic nitrogens is 1. The van der Waals surface area contributed by atoms with Crippen LogP contribution in [0.4, 0.5) is 0 Å². The lowest BCUT2D eigenvalue weighted by atomic mass is 9.78. The fraction of sp³-hybridized carbons (Fsp3) is 0.571. The first kappa shape index (κ1) is 17.7. The van der Waals surface area contributed by atoms with Gasteiger partial charge in [-0.1, -0.05) is 18.9 Å². The molecule has 4 rings (SSSR count). The molecular formula is C21H29N3O2. The molecule has 2 aromatic rings. The molecular weight excluding hydrogens is 326 g/mol. The number of nitrogens with one attached hydrogen (secondary N) is 1. The highest BCUT2D eigenvalue weighted by Crippen LogP contribution is 2.35. The van der Waals surface area contributed by atoms with Crippen molar-refractivity contribution in [2.45, 2.75) is 57.3 Å². The SMILES string of the molecule is Cc1ccc(CN2CCO[C@@]3(CCCC[C@@H]3NCc3cccnc3)C2)o1. The van der Waals surface area contributed by atoms with E-state index in [1.165, 1.54) is 24.8 Å². The third kappa shape index (κ3) is 4.00. The summed E-state index contributed by atoms with van der Waals surface area (Å²) in [6, 6.07) is 8.65. The summed E-state index contributed by atoms with van der Waals surface area (Å²) in [6.45, 7) is 6.46. The topological polar surface area (TPSA) is 50.5 Å². The van der Waals surface area contributed by atoms with Crippen LogP contribution in [0.25, 0.3) is 0 Å². The zero-order valence-electron chi connectivity index (χ0n) is 15.6. The van der Waals surface area contributed by atoms with Crippen molar-refractivity contribution in [2.24, 2.45) is 0 Å². The lowest BCUT2D eigenvalue weighted by Crippen LogP contribution is -2.63. The third-order valence-corrected chi connectivity index (χ3v) is 5.72. The number of hydrogen-bond acceptors (Lipinski definition) is 5. The molecule has 0 radical (unpaired) electrons. The van der Waals surface area contributed by atoms with Gasteiger partial charge in [-0.3, -0.25) is 9.88 Å². The van der Waals surface area contributed by atoms with Crippen molar-refractivity contribution in [1.82, 2.24) is 15.2 Å². The van der Waals surface area contributed by atoms with Crippen LogP contribution in [0.1, 0.15) is 42.8 Å². The second-order valence-corrected chi connectivity index (χ2v) is 7.68. The van der Waals surface area contributed by atoms with Crippen molar-refractivity contribution >= 4 is 0 Å². The highest BCUT2D eigenvalue weighted by molar-refractivity contribution is 5.10. The summed E-state index contributed by atoms with van der Waals surface area (Å²) in [4.78, 5) is 6.72. The summed E-state index contributed by atoms with van der Waals surface area (Å²) in [5, 5.41) is 3.77. The van der Waals surface area contributed by atoms with Gasteiger partial charge in [0.25, 0.3) is 0 Å². The standard InChI is InChI=1S/C21H29N3O2/c1-17-7-8-19(26-17)15-24-11-12-25-21(16-24)9-3-2-6-20(21)23-14-18-5-4-10-22-13-18/h4-5,7-8,10,13,20,23H,2-3,6,9,11-12,14-16H2,1H3/t20-,21-/m0/s1. The summed E-state index contributed by atoms with van der Waals surface area (Å²) in [7, 11) is 0. The number of ether oxygens (including phenoxy) is 1. The Labute approximate surface area is 155 Å². The molecule has 2 atom stereocenters. The summed E-state index contributed by atoms with van der Waals surface area (Å²) in [6.07, 6.45) is 8.59. The van der Waals surface area contributed by atoms with Gasteiger partial charge in [0.05, 0.1) is 18.8 Å². The van der Waals surface area contributed by atoms with Crippen molar-refractivity contribution in [3.8, 4) is 0 Å². The molecule has 1 N–H and O–H groups in total. The lowest BCUT2D eigenvalue weighted by molar-refractivity contribution is -0.146. The van der Waals surface area contributed by atoms with E-state index < -0.39 is 0 Å². The number of aryl methyl sites for hydroxylation is 1. The number of rotatable bonds is 5. The Bertz CT molecular complexity index is 698. The second kappa shape index (κ2) is 7.91. The maximum atomic E-state index is 6.43. The molecule has 1 aliphatic heterocycles. The van der Waals surface area contributed by atoms with Crippen LogP contribution < -0.4 is 5.32 Å². The van der Waals surface area contributed by atoms with Crippen LogP contribution in [0, 0.1) is 6.92 Å². The van der Waals surface area contributed by atoms with Crippen molar-refractivity contribution in [2.75, 3.05) is 19.7 Å². The lowest BCUT2D eigenvalue weighted by Gasteiger charge is -2.49. The maximum Gasteiger partial charge on any atom is 0.118 e. The highest BCUT2D eigenvalue weighted by atomic mass is 16.5. The Balaban J connectivity index is 1.42. The van der Waals surface area contributed by atoms with Gasteiger partial charge in [0.15, 0.2) is 0 Å². The Morgan fingerprint density at radius 3 is 3.08 bits per heavy atom. The minimum atomic E-state index is -0.0830. The van der Waals surface area contributed by atoms with E-state index in [-0.39, 0.29) is 5.60 Å². The number of hydrogen-bond donors (Lipinski definition) is 1. The number of morpholine rings is 1. The molecule has 1 saturated carbocycles. The van der Waals surface area contributed by atoms with Crippen LogP contribution in [0.2, 0.25) is 0 Å². The molecule has 1 aliphatic carbocycles.